The third kappa shape index (κ3) is 4.29. The lowest BCUT2D eigenvalue weighted by Crippen LogP contribution is -2.31. The van der Waals surface area contributed by atoms with Gasteiger partial charge in [-0.1, -0.05) is 19.9 Å². The first kappa shape index (κ1) is 13.1. The van der Waals surface area contributed by atoms with Crippen LogP contribution in [0.3, 0.4) is 0 Å². The molecular weight excluding hydrogens is 198 g/mol. The Morgan fingerprint density at radius 1 is 1.44 bits per heavy atom. The van der Waals surface area contributed by atoms with E-state index in [-0.39, 0.29) is 0 Å². The van der Waals surface area contributed by atoms with Crippen LogP contribution in [0.5, 0.6) is 0 Å². The Bertz CT molecular complexity index is 312. The van der Waals surface area contributed by atoms with Crippen molar-refractivity contribution in [3.05, 3.63) is 29.6 Å². The molecule has 0 radical (unpaired) electrons. The van der Waals surface area contributed by atoms with Gasteiger partial charge in [0.1, 0.15) is 0 Å². The molecule has 0 aliphatic rings. The molecule has 0 amide bonds. The van der Waals surface area contributed by atoms with Crippen molar-refractivity contribution in [3.8, 4) is 0 Å². The molecule has 1 heterocycles. The van der Waals surface area contributed by atoms with E-state index in [9.17, 15) is 0 Å². The Labute approximate surface area is 98.7 Å². The van der Waals surface area contributed by atoms with Crippen LogP contribution in [0.25, 0.3) is 0 Å². The molecule has 1 unspecified atom stereocenters. The second-order valence-electron chi connectivity index (χ2n) is 4.54. The van der Waals surface area contributed by atoms with Crippen molar-refractivity contribution in [2.75, 3.05) is 19.6 Å². The number of aromatic nitrogens is 1. The van der Waals surface area contributed by atoms with Gasteiger partial charge in [0.05, 0.1) is 0 Å². The van der Waals surface area contributed by atoms with Gasteiger partial charge in [0, 0.05) is 25.5 Å². The fourth-order valence-corrected chi connectivity index (χ4v) is 1.78. The number of nitrogens with two attached hydrogens (primary N) is 1. The van der Waals surface area contributed by atoms with Gasteiger partial charge in [0.25, 0.3) is 0 Å². The monoisotopic (exact) mass is 221 g/mol. The highest BCUT2D eigenvalue weighted by molar-refractivity contribution is 5.16. The summed E-state index contributed by atoms with van der Waals surface area (Å²) in [6.45, 7) is 10.3. The van der Waals surface area contributed by atoms with Crippen LogP contribution in [0.15, 0.2) is 18.5 Å². The molecule has 0 spiro atoms. The Balaban J connectivity index is 2.56. The van der Waals surface area contributed by atoms with Crippen LogP contribution in [-0.2, 0) is 6.54 Å². The molecule has 0 bridgehead atoms. The molecule has 1 aromatic heterocycles. The second-order valence-corrected chi connectivity index (χ2v) is 4.54. The molecule has 16 heavy (non-hydrogen) atoms. The van der Waals surface area contributed by atoms with Crippen LogP contribution in [0.1, 0.15) is 25.0 Å². The molecule has 0 aromatic carbocycles. The van der Waals surface area contributed by atoms with Crippen molar-refractivity contribution < 1.29 is 0 Å². The van der Waals surface area contributed by atoms with Gasteiger partial charge in [0.2, 0.25) is 0 Å². The quantitative estimate of drug-likeness (QED) is 0.796. The third-order valence-electron chi connectivity index (χ3n) is 2.76. The van der Waals surface area contributed by atoms with E-state index >= 15 is 0 Å². The summed E-state index contributed by atoms with van der Waals surface area (Å²) >= 11 is 0. The van der Waals surface area contributed by atoms with E-state index in [0.29, 0.717) is 5.92 Å². The van der Waals surface area contributed by atoms with Crippen molar-refractivity contribution in [3.63, 3.8) is 0 Å². The fourth-order valence-electron chi connectivity index (χ4n) is 1.78. The van der Waals surface area contributed by atoms with E-state index in [0.717, 1.165) is 26.2 Å². The highest BCUT2D eigenvalue weighted by Gasteiger charge is 2.08. The highest BCUT2D eigenvalue weighted by Crippen LogP contribution is 2.07. The summed E-state index contributed by atoms with van der Waals surface area (Å²) in [5.74, 6) is 0.553. The summed E-state index contributed by atoms with van der Waals surface area (Å²) in [6, 6.07) is 2.20. The van der Waals surface area contributed by atoms with Crippen LogP contribution >= 0.6 is 0 Å². The lowest BCUT2D eigenvalue weighted by atomic mass is 10.1. The van der Waals surface area contributed by atoms with Gasteiger partial charge in [-0.15, -0.1) is 0 Å². The summed E-state index contributed by atoms with van der Waals surface area (Å²) in [4.78, 5) is 6.63. The third-order valence-corrected chi connectivity index (χ3v) is 2.76. The standard InChI is InChI=1S/C13H23N3/c1-4-16(9-12(3)6-14)10-13-5-11(2)7-15-8-13/h5,7-8,12H,4,6,9-10,14H2,1-3H3. The predicted octanol–water partition coefficient (Wildman–Crippen LogP) is 1.81. The minimum Gasteiger partial charge on any atom is -0.330 e. The number of hydrogen-bond acceptors (Lipinski definition) is 3. The smallest absolute Gasteiger partial charge is 0.0313 e. The van der Waals surface area contributed by atoms with Gasteiger partial charge in [-0.25, -0.2) is 0 Å². The van der Waals surface area contributed by atoms with Crippen LogP contribution in [0.2, 0.25) is 0 Å². The maximum Gasteiger partial charge on any atom is 0.0313 e. The molecule has 0 saturated heterocycles. The lowest BCUT2D eigenvalue weighted by Gasteiger charge is -2.23. The van der Waals surface area contributed by atoms with Crippen molar-refractivity contribution in [1.29, 1.82) is 0 Å². The molecule has 3 nitrogen and oxygen atoms in total. The van der Waals surface area contributed by atoms with Gasteiger partial charge < -0.3 is 5.73 Å². The molecule has 1 atom stereocenters. The first-order chi connectivity index (χ1) is 7.65. The zero-order valence-electron chi connectivity index (χ0n) is 10.6. The minimum atomic E-state index is 0.553. The second kappa shape index (κ2) is 6.61. The molecule has 90 valence electrons. The van der Waals surface area contributed by atoms with E-state index in [1.807, 2.05) is 12.4 Å². The molecular formula is C13H23N3. The molecule has 3 heteroatoms. The first-order valence-corrected chi connectivity index (χ1v) is 5.98. The molecule has 0 aliphatic carbocycles. The van der Waals surface area contributed by atoms with Gasteiger partial charge in [-0.3, -0.25) is 9.88 Å². The Morgan fingerprint density at radius 3 is 2.75 bits per heavy atom. The average molecular weight is 221 g/mol. The van der Waals surface area contributed by atoms with Crippen molar-refractivity contribution >= 4 is 0 Å². The zero-order valence-corrected chi connectivity index (χ0v) is 10.6. The number of rotatable bonds is 6. The van der Waals surface area contributed by atoms with E-state index in [4.69, 9.17) is 5.73 Å². The Hall–Kier alpha value is -0.930. The highest BCUT2D eigenvalue weighted by atomic mass is 15.1. The van der Waals surface area contributed by atoms with Crippen molar-refractivity contribution in [2.24, 2.45) is 11.7 Å². The van der Waals surface area contributed by atoms with E-state index < -0.39 is 0 Å². The number of aryl methyl sites for hydroxylation is 1. The van der Waals surface area contributed by atoms with Crippen LogP contribution in [-0.4, -0.2) is 29.5 Å². The molecule has 1 rings (SSSR count). The van der Waals surface area contributed by atoms with E-state index in [1.54, 1.807) is 0 Å². The van der Waals surface area contributed by atoms with Crippen LogP contribution in [0, 0.1) is 12.8 Å². The van der Waals surface area contributed by atoms with E-state index in [1.165, 1.54) is 11.1 Å². The maximum atomic E-state index is 5.65. The van der Waals surface area contributed by atoms with Gasteiger partial charge in [-0.05, 0) is 37.1 Å². The molecule has 0 aliphatic heterocycles. The Morgan fingerprint density at radius 2 is 2.19 bits per heavy atom. The van der Waals surface area contributed by atoms with Crippen molar-refractivity contribution in [2.45, 2.75) is 27.3 Å². The van der Waals surface area contributed by atoms with Gasteiger partial charge >= 0.3 is 0 Å². The summed E-state index contributed by atoms with van der Waals surface area (Å²) < 4.78 is 0. The first-order valence-electron chi connectivity index (χ1n) is 5.98. The normalized spacial score (nSPS) is 13.1. The van der Waals surface area contributed by atoms with Gasteiger partial charge in [-0.2, -0.15) is 0 Å². The SMILES string of the molecule is CCN(Cc1cncc(C)c1)CC(C)CN. The predicted molar refractivity (Wildman–Crippen MR) is 68.1 cm³/mol. The summed E-state index contributed by atoms with van der Waals surface area (Å²) in [5, 5.41) is 0. The van der Waals surface area contributed by atoms with Crippen molar-refractivity contribution in [1.82, 2.24) is 9.88 Å². The molecule has 2 N–H and O–H groups in total. The van der Waals surface area contributed by atoms with Gasteiger partial charge in [0.15, 0.2) is 0 Å². The van der Waals surface area contributed by atoms with Crippen LogP contribution in [0.4, 0.5) is 0 Å². The minimum absolute atomic E-state index is 0.553. The molecule has 0 fully saturated rings. The number of nitrogens with zero attached hydrogens (tertiary/aromatic N) is 2. The summed E-state index contributed by atoms with van der Waals surface area (Å²) in [6.07, 6.45) is 3.84. The molecule has 0 saturated carbocycles. The number of hydrogen-bond donors (Lipinski definition) is 1. The molecule has 1 aromatic rings. The zero-order chi connectivity index (χ0) is 12.0. The average Bonchev–Trinajstić information content (AvgIpc) is 2.28. The van der Waals surface area contributed by atoms with E-state index in [2.05, 4.69) is 36.7 Å². The van der Waals surface area contributed by atoms with Crippen LogP contribution < -0.4 is 5.73 Å². The topological polar surface area (TPSA) is 42.2 Å². The largest absolute Gasteiger partial charge is 0.330 e. The maximum absolute atomic E-state index is 5.65. The fraction of sp³-hybridized carbons (Fsp3) is 0.615. The Kier molecular flexibility index (Phi) is 5.43. The summed E-state index contributed by atoms with van der Waals surface area (Å²) in [7, 11) is 0. The number of pyridine rings is 1. The lowest BCUT2D eigenvalue weighted by molar-refractivity contribution is 0.243. The summed E-state index contributed by atoms with van der Waals surface area (Å²) in [5.41, 5.74) is 8.16.